The van der Waals surface area contributed by atoms with E-state index in [0.717, 1.165) is 0 Å². The first-order valence-electron chi connectivity index (χ1n) is 7.46. The van der Waals surface area contributed by atoms with Crippen molar-refractivity contribution in [1.82, 2.24) is 19.7 Å². The molecule has 132 valence electrons. The van der Waals surface area contributed by atoms with Gasteiger partial charge in [-0.05, 0) is 13.0 Å². The lowest BCUT2D eigenvalue weighted by atomic mass is 10.2. The molecule has 0 saturated heterocycles. The molecule has 0 amide bonds. The van der Waals surface area contributed by atoms with Gasteiger partial charge in [0, 0.05) is 30.6 Å². The number of nitrogens with one attached hydrogen (secondary N) is 1. The molecular weight excluding hydrogens is 340 g/mol. The number of nitrogens with zero attached hydrogens (tertiary/aromatic N) is 5. The Morgan fingerprint density at radius 3 is 2.81 bits per heavy atom. The van der Waals surface area contributed by atoms with E-state index in [-0.39, 0.29) is 11.6 Å². The minimum Gasteiger partial charge on any atom is -0.495 e. The summed E-state index contributed by atoms with van der Waals surface area (Å²) in [6.07, 6.45) is 3.78. The molecule has 0 saturated carbocycles. The molecule has 2 aromatic heterocycles. The monoisotopic (exact) mass is 354 g/mol. The molecule has 0 fully saturated rings. The molecular formula is C16H14N6O4. The zero-order valence-electron chi connectivity index (χ0n) is 13.9. The predicted molar refractivity (Wildman–Crippen MR) is 92.2 cm³/mol. The fourth-order valence-corrected chi connectivity index (χ4v) is 2.27. The summed E-state index contributed by atoms with van der Waals surface area (Å²) in [4.78, 5) is 29.9. The van der Waals surface area contributed by atoms with E-state index in [0.29, 0.717) is 34.8 Å². The smallest absolute Gasteiger partial charge is 0.271 e. The normalized spacial score (nSPS) is 10.4. The van der Waals surface area contributed by atoms with Gasteiger partial charge in [-0.15, -0.1) is 0 Å². The average Bonchev–Trinajstić information content (AvgIpc) is 3.02. The van der Waals surface area contributed by atoms with Crippen LogP contribution in [0.4, 0.5) is 17.3 Å². The van der Waals surface area contributed by atoms with Crippen LogP contribution >= 0.6 is 0 Å². The number of hydrogen-bond donors (Lipinski definition) is 1. The van der Waals surface area contributed by atoms with Crippen LogP contribution in [-0.4, -0.2) is 38.1 Å². The van der Waals surface area contributed by atoms with Crippen molar-refractivity contribution >= 4 is 23.6 Å². The van der Waals surface area contributed by atoms with Crippen molar-refractivity contribution in [3.63, 3.8) is 0 Å². The number of carbonyl (C=O) groups excluding carboxylic acids is 1. The van der Waals surface area contributed by atoms with Gasteiger partial charge in [-0.3, -0.25) is 14.9 Å². The Morgan fingerprint density at radius 1 is 1.35 bits per heavy atom. The molecule has 0 atom stereocenters. The summed E-state index contributed by atoms with van der Waals surface area (Å²) in [6.45, 7) is 1.72. The highest BCUT2D eigenvalue weighted by molar-refractivity contribution is 5.76. The molecule has 10 nitrogen and oxygen atoms in total. The molecule has 0 unspecified atom stereocenters. The first-order valence-corrected chi connectivity index (χ1v) is 7.46. The Kier molecular flexibility index (Phi) is 4.56. The highest BCUT2D eigenvalue weighted by atomic mass is 16.6. The molecule has 2 heterocycles. The van der Waals surface area contributed by atoms with Crippen LogP contribution in [0.2, 0.25) is 0 Å². The van der Waals surface area contributed by atoms with E-state index in [4.69, 9.17) is 4.74 Å². The van der Waals surface area contributed by atoms with Crippen LogP contribution in [0.15, 0.2) is 36.7 Å². The standard InChI is InChI=1S/C16H14N6O4/c1-10-11(9-23)8-21(20-10)15-5-6-17-16(19-15)18-13-7-12(22(24)25)3-4-14(13)26-2/h3-9H,1-2H3,(H,17,18,19). The maximum Gasteiger partial charge on any atom is 0.271 e. The summed E-state index contributed by atoms with van der Waals surface area (Å²) in [5.41, 5.74) is 1.29. The van der Waals surface area contributed by atoms with Gasteiger partial charge in [-0.2, -0.15) is 10.1 Å². The molecule has 1 aromatic carbocycles. The van der Waals surface area contributed by atoms with E-state index in [1.54, 1.807) is 19.2 Å². The van der Waals surface area contributed by atoms with E-state index in [9.17, 15) is 14.9 Å². The molecule has 3 aromatic rings. The minimum atomic E-state index is -0.505. The lowest BCUT2D eigenvalue weighted by Gasteiger charge is -2.10. The Balaban J connectivity index is 1.95. The molecule has 1 N–H and O–H groups in total. The van der Waals surface area contributed by atoms with Gasteiger partial charge in [-0.25, -0.2) is 9.67 Å². The molecule has 3 rings (SSSR count). The number of aldehydes is 1. The van der Waals surface area contributed by atoms with E-state index in [2.05, 4.69) is 20.4 Å². The largest absolute Gasteiger partial charge is 0.495 e. The zero-order valence-corrected chi connectivity index (χ0v) is 13.9. The van der Waals surface area contributed by atoms with Crippen molar-refractivity contribution in [1.29, 1.82) is 0 Å². The van der Waals surface area contributed by atoms with Crippen LogP contribution < -0.4 is 10.1 Å². The molecule has 0 bridgehead atoms. The van der Waals surface area contributed by atoms with Gasteiger partial charge in [0.15, 0.2) is 12.1 Å². The maximum absolute atomic E-state index is 11.0. The number of ether oxygens (including phenoxy) is 1. The van der Waals surface area contributed by atoms with Crippen LogP contribution in [0, 0.1) is 17.0 Å². The summed E-state index contributed by atoms with van der Waals surface area (Å²) in [5.74, 6) is 1.04. The van der Waals surface area contributed by atoms with E-state index in [1.165, 1.54) is 36.2 Å². The Labute approximate surface area is 147 Å². The van der Waals surface area contributed by atoms with Gasteiger partial charge in [0.25, 0.3) is 5.69 Å². The van der Waals surface area contributed by atoms with Crippen molar-refractivity contribution in [3.8, 4) is 11.6 Å². The molecule has 0 radical (unpaired) electrons. The predicted octanol–water partition coefficient (Wildman–Crippen LogP) is 2.44. The first kappa shape index (κ1) is 17.0. The number of aryl methyl sites for hydroxylation is 1. The third-order valence-corrected chi connectivity index (χ3v) is 3.58. The fraction of sp³-hybridized carbons (Fsp3) is 0.125. The topological polar surface area (TPSA) is 125 Å². The quantitative estimate of drug-likeness (QED) is 0.406. The fourth-order valence-electron chi connectivity index (χ4n) is 2.27. The van der Waals surface area contributed by atoms with Gasteiger partial charge >= 0.3 is 0 Å². The van der Waals surface area contributed by atoms with Crippen molar-refractivity contribution in [2.24, 2.45) is 0 Å². The third-order valence-electron chi connectivity index (χ3n) is 3.58. The van der Waals surface area contributed by atoms with Crippen molar-refractivity contribution in [2.45, 2.75) is 6.92 Å². The van der Waals surface area contributed by atoms with Gasteiger partial charge in [0.1, 0.15) is 5.75 Å². The summed E-state index contributed by atoms with van der Waals surface area (Å²) < 4.78 is 6.66. The van der Waals surface area contributed by atoms with Crippen molar-refractivity contribution in [3.05, 3.63) is 58.0 Å². The minimum absolute atomic E-state index is 0.0946. The number of non-ortho nitro benzene ring substituents is 1. The van der Waals surface area contributed by atoms with Gasteiger partial charge in [0.05, 0.1) is 29.0 Å². The van der Waals surface area contributed by atoms with Crippen LogP contribution in [0.3, 0.4) is 0 Å². The third kappa shape index (κ3) is 3.34. The SMILES string of the molecule is COc1ccc([N+](=O)[O-])cc1Nc1nccc(-n2cc(C=O)c(C)n2)n1. The van der Waals surface area contributed by atoms with Crippen LogP contribution in [-0.2, 0) is 0 Å². The number of anilines is 2. The molecule has 0 aliphatic heterocycles. The molecule has 0 aliphatic carbocycles. The number of rotatable bonds is 6. The maximum atomic E-state index is 11.0. The van der Waals surface area contributed by atoms with Gasteiger partial charge in [0.2, 0.25) is 5.95 Å². The second kappa shape index (κ2) is 6.97. The highest BCUT2D eigenvalue weighted by Crippen LogP contribution is 2.30. The lowest BCUT2D eigenvalue weighted by molar-refractivity contribution is -0.384. The number of benzene rings is 1. The summed E-state index contributed by atoms with van der Waals surface area (Å²) in [5, 5.41) is 18.1. The number of methoxy groups -OCH3 is 1. The first-order chi connectivity index (χ1) is 12.5. The second-order valence-electron chi connectivity index (χ2n) is 5.24. The van der Waals surface area contributed by atoms with Crippen LogP contribution in [0.1, 0.15) is 16.1 Å². The molecule has 0 aliphatic rings. The van der Waals surface area contributed by atoms with E-state index >= 15 is 0 Å². The Morgan fingerprint density at radius 2 is 2.15 bits per heavy atom. The summed E-state index contributed by atoms with van der Waals surface area (Å²) >= 11 is 0. The van der Waals surface area contributed by atoms with Crippen molar-refractivity contribution in [2.75, 3.05) is 12.4 Å². The van der Waals surface area contributed by atoms with Gasteiger partial charge in [-0.1, -0.05) is 0 Å². The molecule has 0 spiro atoms. The zero-order chi connectivity index (χ0) is 18.7. The highest BCUT2D eigenvalue weighted by Gasteiger charge is 2.13. The van der Waals surface area contributed by atoms with E-state index < -0.39 is 4.92 Å². The number of nitro groups is 1. The van der Waals surface area contributed by atoms with Gasteiger partial charge < -0.3 is 10.1 Å². The summed E-state index contributed by atoms with van der Waals surface area (Å²) in [6, 6.07) is 5.78. The second-order valence-corrected chi connectivity index (χ2v) is 5.24. The number of hydrogen-bond acceptors (Lipinski definition) is 8. The lowest BCUT2D eigenvalue weighted by Crippen LogP contribution is -2.04. The van der Waals surface area contributed by atoms with Crippen molar-refractivity contribution < 1.29 is 14.5 Å². The molecule has 10 heteroatoms. The van der Waals surface area contributed by atoms with Crippen LogP contribution in [0.25, 0.3) is 5.82 Å². The summed E-state index contributed by atoms with van der Waals surface area (Å²) in [7, 11) is 1.46. The average molecular weight is 354 g/mol. The Bertz CT molecular complexity index is 985. The number of carbonyl (C=O) groups is 1. The molecule has 26 heavy (non-hydrogen) atoms. The number of aromatic nitrogens is 4. The number of nitro benzene ring substituents is 1. The van der Waals surface area contributed by atoms with Crippen LogP contribution in [0.5, 0.6) is 5.75 Å². The Hall–Kier alpha value is -3.82. The van der Waals surface area contributed by atoms with E-state index in [1.807, 2.05) is 0 Å².